The Balaban J connectivity index is -0.000000994. The molecular formula is C34H66BN9O14S2. The summed E-state index contributed by atoms with van der Waals surface area (Å²) in [7, 11) is 18.3. The van der Waals surface area contributed by atoms with E-state index in [2.05, 4.69) is 31.9 Å². The van der Waals surface area contributed by atoms with Gasteiger partial charge in [-0.25, -0.2) is 0 Å². The number of carbonyl (C=O) groups excluding carboxylic acids is 8. The van der Waals surface area contributed by atoms with Crippen molar-refractivity contribution in [1.29, 1.82) is 0 Å². The summed E-state index contributed by atoms with van der Waals surface area (Å²) in [6.45, 7) is -1.52. The normalized spacial score (nSPS) is 13.6. The summed E-state index contributed by atoms with van der Waals surface area (Å²) >= 11 is 2.90. The Morgan fingerprint density at radius 3 is 1.37 bits per heavy atom. The second-order valence-electron chi connectivity index (χ2n) is 12.6. The van der Waals surface area contributed by atoms with Crippen LogP contribution in [-0.2, 0) is 57.3 Å². The Labute approximate surface area is 362 Å². The average Bonchev–Trinajstić information content (AvgIpc) is 3.21. The molecule has 6 amide bonds. The number of hydrogen-bond acceptors (Lipinski definition) is 19. The number of amides is 6. The van der Waals surface area contributed by atoms with E-state index in [-0.39, 0.29) is 37.6 Å². The third-order valence-electron chi connectivity index (χ3n) is 7.06. The van der Waals surface area contributed by atoms with Gasteiger partial charge in [-0.3, -0.25) is 33.7 Å². The second kappa shape index (κ2) is 39.7. The van der Waals surface area contributed by atoms with Gasteiger partial charge in [0.25, 0.3) is 0 Å². The van der Waals surface area contributed by atoms with E-state index in [9.17, 15) is 48.6 Å². The van der Waals surface area contributed by atoms with Gasteiger partial charge < -0.3 is 81.2 Å². The van der Waals surface area contributed by atoms with Gasteiger partial charge in [-0.15, -0.1) is 0 Å². The summed E-state index contributed by atoms with van der Waals surface area (Å²) in [5.41, 5.74) is 5.78. The fraction of sp³-hybridized carbons (Fsp3) is 0.765. The van der Waals surface area contributed by atoms with Crippen LogP contribution < -0.4 is 37.6 Å². The first-order valence-electron chi connectivity index (χ1n) is 18.2. The van der Waals surface area contributed by atoms with Crippen molar-refractivity contribution < 1.29 is 67.5 Å². The first-order valence-corrected chi connectivity index (χ1v) is 20.5. The maximum absolute atomic E-state index is 12.6. The molecule has 0 fully saturated rings. The molecule has 60 heavy (non-hydrogen) atoms. The van der Waals surface area contributed by atoms with Crippen LogP contribution in [-0.4, -0.2) is 245 Å². The smallest absolute Gasteiger partial charge is 0.245 e. The highest BCUT2D eigenvalue weighted by atomic mass is 32.2. The molecule has 0 aliphatic heterocycles. The zero-order valence-corrected chi connectivity index (χ0v) is 37.4. The predicted octanol–water partition coefficient (Wildman–Crippen LogP) is -6.53. The molecule has 0 aromatic rings. The summed E-state index contributed by atoms with van der Waals surface area (Å²) < 4.78 is 20.5. The monoisotopic (exact) mass is 899 g/mol. The number of hydrogen-bond donors (Lipinski definition) is 9. The Morgan fingerprint density at radius 2 is 1.03 bits per heavy atom. The van der Waals surface area contributed by atoms with Crippen molar-refractivity contribution in [2.45, 2.75) is 36.4 Å². The zero-order chi connectivity index (χ0) is 46.5. The molecule has 4 unspecified atom stereocenters. The van der Waals surface area contributed by atoms with Crippen LogP contribution in [0, 0.1) is 0 Å². The Bertz CT molecular complexity index is 1230. The zero-order valence-electron chi connectivity index (χ0n) is 35.8. The number of ether oxygens (including phenoxy) is 4. The van der Waals surface area contributed by atoms with Crippen LogP contribution in [0.1, 0.15) is 0 Å². The van der Waals surface area contributed by atoms with E-state index in [0.29, 0.717) is 43.0 Å². The Hall–Kier alpha value is -3.44. The number of nitrogens with one attached hydrogen (secondary N) is 6. The minimum absolute atomic E-state index is 0.0998. The minimum atomic E-state index is -1.24. The van der Waals surface area contributed by atoms with Crippen molar-refractivity contribution in [2.24, 2.45) is 5.73 Å². The molecule has 0 aromatic heterocycles. The predicted molar refractivity (Wildman–Crippen MR) is 227 cm³/mol. The lowest BCUT2D eigenvalue weighted by molar-refractivity contribution is -0.132. The first-order chi connectivity index (χ1) is 28.4. The fourth-order valence-electron chi connectivity index (χ4n) is 3.86. The topological polar surface area (TPSA) is 319 Å². The number of aldehydes is 2. The lowest BCUT2D eigenvalue weighted by Crippen LogP contribution is -2.55. The molecule has 0 bridgehead atoms. The highest BCUT2D eigenvalue weighted by Gasteiger charge is 2.27. The van der Waals surface area contributed by atoms with E-state index in [1.54, 1.807) is 61.5 Å². The summed E-state index contributed by atoms with van der Waals surface area (Å²) in [6.07, 6.45) is 0.786. The quantitative estimate of drug-likeness (QED) is 0.0231. The van der Waals surface area contributed by atoms with Gasteiger partial charge in [0.2, 0.25) is 35.4 Å². The Morgan fingerprint density at radius 1 is 0.650 bits per heavy atom. The van der Waals surface area contributed by atoms with Gasteiger partial charge in [-0.05, 0) is 28.2 Å². The molecule has 0 rings (SSSR count). The molecule has 0 spiro atoms. The maximum atomic E-state index is 12.6. The van der Waals surface area contributed by atoms with Gasteiger partial charge in [0, 0.05) is 51.5 Å². The fourth-order valence-corrected chi connectivity index (χ4v) is 6.21. The number of nitrogens with two attached hydrogens (primary N) is 1. The van der Waals surface area contributed by atoms with Gasteiger partial charge in [-0.1, -0.05) is 0 Å². The van der Waals surface area contributed by atoms with E-state index >= 15 is 0 Å². The van der Waals surface area contributed by atoms with Crippen molar-refractivity contribution in [3.05, 3.63) is 0 Å². The van der Waals surface area contributed by atoms with Crippen LogP contribution in [0.25, 0.3) is 0 Å². The molecule has 0 heterocycles. The Kier molecular flexibility index (Phi) is 40.3. The molecular weight excluding hydrogens is 833 g/mol. The van der Waals surface area contributed by atoms with Crippen molar-refractivity contribution in [3.63, 3.8) is 0 Å². The van der Waals surface area contributed by atoms with Gasteiger partial charge in [0.15, 0.2) is 7.98 Å². The van der Waals surface area contributed by atoms with E-state index < -0.39 is 79.4 Å². The van der Waals surface area contributed by atoms with Crippen molar-refractivity contribution in [2.75, 3.05) is 132 Å². The number of thioether (sulfide) groups is 2. The minimum Gasteiger partial charge on any atom is -0.394 e. The van der Waals surface area contributed by atoms with E-state index in [4.69, 9.17) is 32.7 Å². The summed E-state index contributed by atoms with van der Waals surface area (Å²) in [6, 6.07) is -3.88. The van der Waals surface area contributed by atoms with Crippen molar-refractivity contribution >= 4 is 79.5 Å². The lowest BCUT2D eigenvalue weighted by atomic mass is 10.2. The molecule has 346 valence electrons. The van der Waals surface area contributed by atoms with Gasteiger partial charge in [0.05, 0.1) is 76.9 Å². The first kappa shape index (κ1) is 60.9. The third-order valence-corrected chi connectivity index (χ3v) is 9.42. The summed E-state index contributed by atoms with van der Waals surface area (Å²) in [4.78, 5) is 94.9. The summed E-state index contributed by atoms with van der Waals surface area (Å²) in [5, 5.41) is 32.6. The standard InChI is InChI=1S/C17H32N4O7S.C15H28N4O7S.C2H6BN/c1-21(2)14(11-29-10-12(28-4)9-27-3)17(26)20-13(8-23)16(25)19-7-15(24)18-5-6-22;1-25-7-10(26-2)8-27-9-11(16)14(23)19-12(6-21)15(24)18-5-13(22)17-3-4-20;1-4(2)3/h6,12-14,23H,5,7-11H2,1-4H3,(H,18,24)(H,19,25)(H,20,26);4,10-12,21H,3,5-9,16H2,1-2H3,(H,17,22)(H,18,24)(H,19,23);1-2H3/t12?,13-,14?;10?,11?,12-;/m00./s1. The molecule has 0 aromatic carbocycles. The SMILES string of the molecule is COCC(CSCC(C(=O)N[C@@H](CO)C(=O)NCC(=O)NCC=O)N(C)C)OC.COCC(CSCC(N)C(=O)N[C@@H](CO)C(=O)NCC(=O)NCC=O)OC.[B]N(C)C. The van der Waals surface area contributed by atoms with Crippen LogP contribution in [0.2, 0.25) is 0 Å². The number of likely N-dealkylation sites (N-methyl/N-ethyl adjacent to an activating group) is 1. The molecule has 0 aliphatic rings. The highest BCUT2D eigenvalue weighted by molar-refractivity contribution is 7.99. The molecule has 2 radical (unpaired) electrons. The third kappa shape index (κ3) is 33.3. The molecule has 10 N–H and O–H groups in total. The van der Waals surface area contributed by atoms with E-state index in [0.717, 1.165) is 0 Å². The van der Waals surface area contributed by atoms with Gasteiger partial charge in [-0.2, -0.15) is 23.5 Å². The van der Waals surface area contributed by atoms with Crippen molar-refractivity contribution in [3.8, 4) is 0 Å². The average molecular weight is 900 g/mol. The molecule has 0 saturated heterocycles. The van der Waals surface area contributed by atoms with Crippen LogP contribution in [0.5, 0.6) is 0 Å². The number of rotatable bonds is 31. The molecule has 6 atom stereocenters. The largest absolute Gasteiger partial charge is 0.394 e. The van der Waals surface area contributed by atoms with Gasteiger partial charge in [0.1, 0.15) is 24.7 Å². The summed E-state index contributed by atoms with van der Waals surface area (Å²) in [5.74, 6) is -1.69. The van der Waals surface area contributed by atoms with Crippen LogP contribution in [0.15, 0.2) is 0 Å². The maximum Gasteiger partial charge on any atom is 0.245 e. The molecule has 23 nitrogen and oxygen atoms in total. The van der Waals surface area contributed by atoms with Crippen molar-refractivity contribution in [1.82, 2.24) is 41.6 Å². The number of nitrogens with zero attached hydrogens (tertiary/aromatic N) is 2. The number of aliphatic hydroxyl groups is 2. The molecule has 26 heteroatoms. The number of methoxy groups -OCH3 is 4. The van der Waals surface area contributed by atoms with Crippen LogP contribution in [0.3, 0.4) is 0 Å². The van der Waals surface area contributed by atoms with E-state index in [1.807, 2.05) is 0 Å². The van der Waals surface area contributed by atoms with Crippen LogP contribution in [0.4, 0.5) is 0 Å². The molecule has 0 saturated carbocycles. The van der Waals surface area contributed by atoms with Gasteiger partial charge >= 0.3 is 0 Å². The highest BCUT2D eigenvalue weighted by Crippen LogP contribution is 2.11. The van der Waals surface area contributed by atoms with E-state index in [1.165, 1.54) is 28.3 Å². The molecule has 0 aliphatic carbocycles. The second-order valence-corrected chi connectivity index (χ2v) is 14.8. The lowest BCUT2D eigenvalue weighted by Gasteiger charge is -2.26. The number of aliphatic hydroxyl groups excluding tert-OH is 2. The van der Waals surface area contributed by atoms with Crippen LogP contribution >= 0.6 is 23.5 Å². The number of carbonyl (C=O) groups is 8.